The van der Waals surface area contributed by atoms with Gasteiger partial charge in [0.1, 0.15) is 19.3 Å². The highest BCUT2D eigenvalue weighted by Gasteiger charge is 2.30. The van der Waals surface area contributed by atoms with Gasteiger partial charge < -0.3 is 33.8 Å². The summed E-state index contributed by atoms with van der Waals surface area (Å²) in [6.45, 7) is 9.66. The van der Waals surface area contributed by atoms with E-state index in [2.05, 4.69) is 41.5 Å². The van der Waals surface area contributed by atoms with Gasteiger partial charge in [-0.15, -0.1) is 0 Å². The zero-order chi connectivity index (χ0) is 72.1. The lowest BCUT2D eigenvalue weighted by atomic mass is 9.99. The minimum absolute atomic E-state index is 0.107. The van der Waals surface area contributed by atoms with Crippen LogP contribution in [-0.4, -0.2) is 96.7 Å². The molecule has 0 aliphatic heterocycles. The second-order valence-electron chi connectivity index (χ2n) is 29.2. The van der Waals surface area contributed by atoms with Crippen molar-refractivity contribution in [3.63, 3.8) is 0 Å². The molecule has 0 heterocycles. The number of esters is 4. The Hall–Kier alpha value is -1.94. The minimum Gasteiger partial charge on any atom is -0.462 e. The van der Waals surface area contributed by atoms with Crippen molar-refractivity contribution in [3.8, 4) is 0 Å². The van der Waals surface area contributed by atoms with E-state index in [9.17, 15) is 43.2 Å². The molecule has 0 amide bonds. The molecule has 0 aliphatic carbocycles. The Morgan fingerprint density at radius 3 is 0.776 bits per heavy atom. The Bertz CT molecular complexity index is 1890. The Morgan fingerprint density at radius 1 is 0.296 bits per heavy atom. The van der Waals surface area contributed by atoms with Gasteiger partial charge in [-0.25, -0.2) is 9.13 Å². The van der Waals surface area contributed by atoms with E-state index in [1.54, 1.807) is 0 Å². The molecule has 0 rings (SSSR count). The summed E-state index contributed by atoms with van der Waals surface area (Å²) in [6, 6.07) is 0. The van der Waals surface area contributed by atoms with Gasteiger partial charge in [-0.2, -0.15) is 0 Å². The highest BCUT2D eigenvalue weighted by Crippen LogP contribution is 2.45. The molecule has 0 fully saturated rings. The topological polar surface area (TPSA) is 237 Å². The molecule has 17 nitrogen and oxygen atoms in total. The number of aliphatic hydroxyl groups is 1. The van der Waals surface area contributed by atoms with Gasteiger partial charge in [0.25, 0.3) is 0 Å². The lowest BCUT2D eigenvalue weighted by Gasteiger charge is -2.21. The molecule has 0 radical (unpaired) electrons. The lowest BCUT2D eigenvalue weighted by Crippen LogP contribution is -2.30. The molecule has 0 saturated carbocycles. The van der Waals surface area contributed by atoms with Crippen LogP contribution in [0.15, 0.2) is 0 Å². The number of aliphatic hydroxyl groups excluding tert-OH is 1. The van der Waals surface area contributed by atoms with Crippen LogP contribution >= 0.6 is 15.6 Å². The van der Waals surface area contributed by atoms with E-state index < -0.39 is 97.5 Å². The predicted molar refractivity (Wildman–Crippen MR) is 400 cm³/mol. The van der Waals surface area contributed by atoms with E-state index in [4.69, 9.17) is 37.0 Å². The van der Waals surface area contributed by atoms with E-state index in [1.165, 1.54) is 218 Å². The van der Waals surface area contributed by atoms with Crippen LogP contribution in [0.5, 0.6) is 0 Å². The molecule has 3 unspecified atom stereocenters. The second kappa shape index (κ2) is 70.7. The van der Waals surface area contributed by atoms with Crippen LogP contribution in [0.25, 0.3) is 0 Å². The van der Waals surface area contributed by atoms with Crippen LogP contribution in [0.4, 0.5) is 0 Å². The highest BCUT2D eigenvalue weighted by molar-refractivity contribution is 7.47. The van der Waals surface area contributed by atoms with E-state index >= 15 is 0 Å². The molecule has 582 valence electrons. The molecule has 0 aliphatic rings. The summed E-state index contributed by atoms with van der Waals surface area (Å²) < 4.78 is 68.5. The standard InChI is InChI=1S/C79H154O17P2/c1-7-10-12-14-16-17-31-39-45-51-57-63-78(83)95-74(67-89-76(81)61-55-49-41-15-13-11-8-2)69-93-97(85,86)91-65-73(80)66-92-98(87,88)94-70-75(68-90-77(82)62-56-50-44-38-34-29-26-22-23-27-32-36-42-47-53-59-71(4)5)96-79(84)64-58-52-46-40-35-30-25-21-19-18-20-24-28-33-37-43-48-54-60-72(6)9-3/h71-75,80H,7-70H2,1-6H3,(H,85,86)(H,87,88)/t72?,73-,74+,75+/m0/s1. The summed E-state index contributed by atoms with van der Waals surface area (Å²) in [5, 5.41) is 10.6. The van der Waals surface area contributed by atoms with Crippen LogP contribution in [0.3, 0.4) is 0 Å². The third-order valence-corrected chi connectivity index (χ3v) is 20.7. The number of hydrogen-bond donors (Lipinski definition) is 3. The van der Waals surface area contributed by atoms with Crippen LogP contribution < -0.4 is 0 Å². The maximum Gasteiger partial charge on any atom is 0.472 e. The first-order valence-electron chi connectivity index (χ1n) is 41.0. The second-order valence-corrected chi connectivity index (χ2v) is 32.1. The summed E-state index contributed by atoms with van der Waals surface area (Å²) in [5.74, 6) is -0.439. The van der Waals surface area contributed by atoms with E-state index in [1.807, 2.05) is 0 Å². The number of phosphoric ester groups is 2. The maximum absolute atomic E-state index is 13.1. The van der Waals surface area contributed by atoms with Crippen molar-refractivity contribution < 1.29 is 80.2 Å². The zero-order valence-corrected chi connectivity index (χ0v) is 65.9. The van der Waals surface area contributed by atoms with Crippen molar-refractivity contribution in [2.24, 2.45) is 11.8 Å². The largest absolute Gasteiger partial charge is 0.472 e. The van der Waals surface area contributed by atoms with Gasteiger partial charge in [0.05, 0.1) is 26.4 Å². The Labute approximate surface area is 600 Å². The molecule has 19 heteroatoms. The first-order valence-corrected chi connectivity index (χ1v) is 44.0. The SMILES string of the molecule is CCCCCCCCCCCCCC(=O)O[C@H](COC(=O)CCCCCCCCC)COP(=O)(O)OC[C@H](O)COP(=O)(O)OC[C@@H](COC(=O)CCCCCCCCCCCCCCCCCC(C)C)OC(=O)CCCCCCCCCCCCCCCCCCCCC(C)CC. The lowest BCUT2D eigenvalue weighted by molar-refractivity contribution is -0.161. The smallest absolute Gasteiger partial charge is 0.462 e. The average Bonchev–Trinajstić information content (AvgIpc) is 1.39. The maximum atomic E-state index is 13.1. The third kappa shape index (κ3) is 71.1. The summed E-state index contributed by atoms with van der Waals surface area (Å²) in [7, 11) is -9.91. The van der Waals surface area contributed by atoms with Crippen molar-refractivity contribution in [2.45, 2.75) is 432 Å². The average molecular weight is 1440 g/mol. The molecular formula is C79H154O17P2. The monoisotopic (exact) mass is 1440 g/mol. The van der Waals surface area contributed by atoms with E-state index in [0.717, 1.165) is 115 Å². The first-order chi connectivity index (χ1) is 47.4. The van der Waals surface area contributed by atoms with Crippen LogP contribution in [0.2, 0.25) is 0 Å². The number of rotatable bonds is 78. The molecule has 0 aromatic heterocycles. The number of phosphoric acid groups is 2. The summed E-state index contributed by atoms with van der Waals surface area (Å²) >= 11 is 0. The van der Waals surface area contributed by atoms with E-state index in [-0.39, 0.29) is 25.7 Å². The zero-order valence-electron chi connectivity index (χ0n) is 64.1. The number of carbonyl (C=O) groups is 4. The van der Waals surface area contributed by atoms with Crippen molar-refractivity contribution in [1.82, 2.24) is 0 Å². The molecule has 6 atom stereocenters. The van der Waals surface area contributed by atoms with Crippen LogP contribution in [0.1, 0.15) is 414 Å². The predicted octanol–water partition coefficient (Wildman–Crippen LogP) is 23.5. The van der Waals surface area contributed by atoms with Gasteiger partial charge >= 0.3 is 39.5 Å². The van der Waals surface area contributed by atoms with Gasteiger partial charge in [0, 0.05) is 25.7 Å². The Morgan fingerprint density at radius 2 is 0.520 bits per heavy atom. The Balaban J connectivity index is 5.15. The molecule has 0 bridgehead atoms. The van der Waals surface area contributed by atoms with E-state index in [0.29, 0.717) is 25.7 Å². The van der Waals surface area contributed by atoms with Crippen LogP contribution in [-0.2, 0) is 65.4 Å². The number of hydrogen-bond acceptors (Lipinski definition) is 15. The molecule has 0 aromatic carbocycles. The van der Waals surface area contributed by atoms with Crippen molar-refractivity contribution in [1.29, 1.82) is 0 Å². The molecule has 98 heavy (non-hydrogen) atoms. The first kappa shape index (κ1) is 96.1. The Kier molecular flexibility index (Phi) is 69.3. The minimum atomic E-state index is -4.96. The molecule has 0 saturated heterocycles. The molecule has 0 spiro atoms. The third-order valence-electron chi connectivity index (χ3n) is 18.8. The van der Waals surface area contributed by atoms with Crippen molar-refractivity contribution in [2.75, 3.05) is 39.6 Å². The number of carbonyl (C=O) groups excluding carboxylic acids is 4. The van der Waals surface area contributed by atoms with Gasteiger partial charge in [0.15, 0.2) is 12.2 Å². The van der Waals surface area contributed by atoms with Gasteiger partial charge in [-0.3, -0.25) is 37.3 Å². The summed E-state index contributed by atoms with van der Waals surface area (Å²) in [6.07, 6.45) is 59.8. The fraction of sp³-hybridized carbons (Fsp3) is 0.949. The van der Waals surface area contributed by atoms with Gasteiger partial charge in [-0.1, -0.05) is 363 Å². The quantitative estimate of drug-likeness (QED) is 0.0222. The highest BCUT2D eigenvalue weighted by atomic mass is 31.2. The number of ether oxygens (including phenoxy) is 4. The fourth-order valence-electron chi connectivity index (χ4n) is 12.2. The normalized spacial score (nSPS) is 14.2. The van der Waals surface area contributed by atoms with Gasteiger partial charge in [-0.05, 0) is 37.5 Å². The van der Waals surface area contributed by atoms with Gasteiger partial charge in [0.2, 0.25) is 0 Å². The summed E-state index contributed by atoms with van der Waals surface area (Å²) in [4.78, 5) is 72.7. The molecular weight excluding hydrogens is 1280 g/mol. The fourth-order valence-corrected chi connectivity index (χ4v) is 13.7. The molecule has 0 aromatic rings. The number of unbranched alkanes of at least 4 members (excludes halogenated alkanes) is 47. The van der Waals surface area contributed by atoms with Crippen molar-refractivity contribution in [3.05, 3.63) is 0 Å². The summed E-state index contributed by atoms with van der Waals surface area (Å²) in [5.41, 5.74) is 0. The van der Waals surface area contributed by atoms with Crippen molar-refractivity contribution >= 4 is 39.5 Å². The van der Waals surface area contributed by atoms with Crippen LogP contribution in [0, 0.1) is 11.8 Å². The molecule has 3 N–H and O–H groups in total.